The molecule has 5 nitrogen and oxygen atoms in total. The molecule has 1 N–H and O–H groups in total. The zero-order valence-electron chi connectivity index (χ0n) is 13.8. The molecule has 132 valence electrons. The molecule has 0 unspecified atom stereocenters. The van der Waals surface area contributed by atoms with Crippen LogP contribution in [0.2, 0.25) is 0 Å². The quantitative estimate of drug-likeness (QED) is 0.701. The van der Waals surface area contributed by atoms with Gasteiger partial charge >= 0.3 is 0 Å². The zero-order chi connectivity index (χ0) is 18.1. The Kier molecular flexibility index (Phi) is 4.46. The summed E-state index contributed by atoms with van der Waals surface area (Å²) in [4.78, 5) is 33.6. The van der Waals surface area contributed by atoms with Gasteiger partial charge in [-0.05, 0) is 30.3 Å². The largest absolute Gasteiger partial charge is 0.342 e. The van der Waals surface area contributed by atoms with Crippen molar-refractivity contribution in [1.29, 1.82) is 0 Å². The van der Waals surface area contributed by atoms with Crippen molar-refractivity contribution < 1.29 is 14.0 Å². The van der Waals surface area contributed by atoms with Gasteiger partial charge in [-0.2, -0.15) is 0 Å². The summed E-state index contributed by atoms with van der Waals surface area (Å²) in [6.45, 7) is 0. The van der Waals surface area contributed by atoms with E-state index in [1.54, 1.807) is 6.07 Å². The van der Waals surface area contributed by atoms with Crippen molar-refractivity contribution in [1.82, 2.24) is 9.97 Å². The highest BCUT2D eigenvalue weighted by atomic mass is 32.2. The molecule has 0 aliphatic carbocycles. The first-order valence-electron chi connectivity index (χ1n) is 8.29. The van der Waals surface area contributed by atoms with Crippen molar-refractivity contribution in [2.24, 2.45) is 0 Å². The van der Waals surface area contributed by atoms with Gasteiger partial charge in [0.05, 0.1) is 22.0 Å². The van der Waals surface area contributed by atoms with E-state index in [-0.39, 0.29) is 18.2 Å². The van der Waals surface area contributed by atoms with Gasteiger partial charge in [0.15, 0.2) is 0 Å². The number of H-pyrrole nitrogens is 1. The number of fused-ring (bicyclic) bond motifs is 1. The molecule has 0 saturated carbocycles. The fourth-order valence-electron chi connectivity index (χ4n) is 3.04. The molecule has 1 saturated heterocycles. The topological polar surface area (TPSA) is 66.1 Å². The maximum absolute atomic E-state index is 13.4. The third-order valence-corrected chi connectivity index (χ3v) is 5.48. The lowest BCUT2D eigenvalue weighted by molar-refractivity contribution is -0.121. The van der Waals surface area contributed by atoms with E-state index in [9.17, 15) is 14.0 Å². The van der Waals surface area contributed by atoms with E-state index in [1.165, 1.54) is 30.0 Å². The standard InChI is InChI=1S/C19H16FN3O2S/c20-12-4-3-5-13(10-12)23-18(24)11-16(19(23)25)26-9-8-17-21-14-6-1-2-7-15(14)22-17/h1-7,10,16H,8-9,11H2,(H,21,22)/t16-/m0/s1. The summed E-state index contributed by atoms with van der Waals surface area (Å²) >= 11 is 1.44. The highest BCUT2D eigenvalue weighted by molar-refractivity contribution is 8.00. The second-order valence-electron chi connectivity index (χ2n) is 6.06. The van der Waals surface area contributed by atoms with Gasteiger partial charge in [-0.15, -0.1) is 11.8 Å². The Labute approximate surface area is 153 Å². The third-order valence-electron chi connectivity index (χ3n) is 4.27. The van der Waals surface area contributed by atoms with Crippen LogP contribution in [0.1, 0.15) is 12.2 Å². The molecule has 7 heteroatoms. The van der Waals surface area contributed by atoms with Crippen molar-refractivity contribution in [3.8, 4) is 0 Å². The maximum Gasteiger partial charge on any atom is 0.247 e. The first kappa shape index (κ1) is 16.8. The molecule has 26 heavy (non-hydrogen) atoms. The number of imide groups is 1. The number of rotatable bonds is 5. The molecule has 1 aromatic heterocycles. The number of aryl methyl sites for hydroxylation is 1. The zero-order valence-corrected chi connectivity index (χ0v) is 14.6. The summed E-state index contributed by atoms with van der Waals surface area (Å²) in [5.74, 6) is 0.485. The van der Waals surface area contributed by atoms with Crippen LogP contribution in [0.15, 0.2) is 48.5 Å². The Morgan fingerprint density at radius 1 is 1.19 bits per heavy atom. The van der Waals surface area contributed by atoms with Crippen molar-refractivity contribution in [3.63, 3.8) is 0 Å². The summed E-state index contributed by atoms with van der Waals surface area (Å²) in [6.07, 6.45) is 0.817. The van der Waals surface area contributed by atoms with E-state index in [4.69, 9.17) is 0 Å². The Balaban J connectivity index is 1.39. The fourth-order valence-corrected chi connectivity index (χ4v) is 4.15. The average Bonchev–Trinajstić information content (AvgIpc) is 3.15. The predicted molar refractivity (Wildman–Crippen MR) is 99.6 cm³/mol. The van der Waals surface area contributed by atoms with Gasteiger partial charge in [-0.3, -0.25) is 9.59 Å². The summed E-state index contributed by atoms with van der Waals surface area (Å²) in [6, 6.07) is 13.3. The van der Waals surface area contributed by atoms with E-state index >= 15 is 0 Å². The molecule has 1 aliphatic heterocycles. The maximum atomic E-state index is 13.4. The normalized spacial score (nSPS) is 17.4. The highest BCUT2D eigenvalue weighted by Gasteiger charge is 2.39. The van der Waals surface area contributed by atoms with Crippen LogP contribution in [0.5, 0.6) is 0 Å². The molecule has 0 bridgehead atoms. The van der Waals surface area contributed by atoms with Crippen LogP contribution in [-0.4, -0.2) is 32.8 Å². The van der Waals surface area contributed by atoms with Crippen molar-refractivity contribution >= 4 is 40.3 Å². The van der Waals surface area contributed by atoms with Gasteiger partial charge < -0.3 is 4.98 Å². The highest BCUT2D eigenvalue weighted by Crippen LogP contribution is 2.30. The number of nitrogens with zero attached hydrogens (tertiary/aromatic N) is 2. The summed E-state index contributed by atoms with van der Waals surface area (Å²) in [5.41, 5.74) is 2.19. The number of benzene rings is 2. The van der Waals surface area contributed by atoms with Gasteiger partial charge in [0.1, 0.15) is 11.6 Å². The number of hydrogen-bond donors (Lipinski definition) is 1. The molecule has 3 aromatic rings. The Bertz CT molecular complexity index is 955. The van der Waals surface area contributed by atoms with Gasteiger partial charge in [0.2, 0.25) is 11.8 Å². The van der Waals surface area contributed by atoms with E-state index in [1.807, 2.05) is 24.3 Å². The van der Waals surface area contributed by atoms with Crippen molar-refractivity contribution in [2.45, 2.75) is 18.1 Å². The van der Waals surface area contributed by atoms with Crippen LogP contribution in [0.3, 0.4) is 0 Å². The van der Waals surface area contributed by atoms with Crippen LogP contribution in [0, 0.1) is 5.82 Å². The van der Waals surface area contributed by atoms with Crippen LogP contribution in [-0.2, 0) is 16.0 Å². The number of carbonyl (C=O) groups is 2. The lowest BCUT2D eigenvalue weighted by atomic mass is 10.3. The van der Waals surface area contributed by atoms with Crippen molar-refractivity contribution in [3.05, 3.63) is 60.2 Å². The van der Waals surface area contributed by atoms with Crippen molar-refractivity contribution in [2.75, 3.05) is 10.7 Å². The Morgan fingerprint density at radius 2 is 2.04 bits per heavy atom. The lowest BCUT2D eigenvalue weighted by Gasteiger charge is -2.14. The molecule has 2 amide bonds. The number of para-hydroxylation sites is 2. The molecule has 2 aromatic carbocycles. The summed E-state index contributed by atoms with van der Waals surface area (Å²) < 4.78 is 13.4. The number of aromatic nitrogens is 2. The number of imidazole rings is 1. The van der Waals surface area contributed by atoms with Crippen LogP contribution in [0.4, 0.5) is 10.1 Å². The number of amides is 2. The number of aromatic amines is 1. The average molecular weight is 369 g/mol. The summed E-state index contributed by atoms with van der Waals surface area (Å²) in [7, 11) is 0. The molecule has 1 fully saturated rings. The summed E-state index contributed by atoms with van der Waals surface area (Å²) in [5, 5.41) is -0.435. The van der Waals surface area contributed by atoms with Crippen LogP contribution >= 0.6 is 11.8 Å². The van der Waals surface area contributed by atoms with E-state index < -0.39 is 11.1 Å². The van der Waals surface area contributed by atoms with Gasteiger partial charge in [-0.1, -0.05) is 18.2 Å². The second-order valence-corrected chi connectivity index (χ2v) is 7.37. The minimum absolute atomic E-state index is 0.139. The molecule has 2 heterocycles. The second kappa shape index (κ2) is 6.92. The molecule has 1 aliphatic rings. The monoisotopic (exact) mass is 369 g/mol. The van der Waals surface area contributed by atoms with E-state index in [2.05, 4.69) is 9.97 Å². The van der Waals surface area contributed by atoms with E-state index in [0.717, 1.165) is 21.8 Å². The van der Waals surface area contributed by atoms with Crippen LogP contribution in [0.25, 0.3) is 11.0 Å². The third kappa shape index (κ3) is 3.22. The number of halogens is 1. The predicted octanol–water partition coefficient (Wildman–Crippen LogP) is 3.31. The van der Waals surface area contributed by atoms with E-state index in [0.29, 0.717) is 17.9 Å². The number of thioether (sulfide) groups is 1. The molecule has 0 radical (unpaired) electrons. The molecule has 4 rings (SSSR count). The van der Waals surface area contributed by atoms with Gasteiger partial charge in [0, 0.05) is 18.6 Å². The first-order chi connectivity index (χ1) is 12.6. The van der Waals surface area contributed by atoms with Crippen LogP contribution < -0.4 is 4.90 Å². The van der Waals surface area contributed by atoms with Gasteiger partial charge in [-0.25, -0.2) is 14.3 Å². The molecular weight excluding hydrogens is 353 g/mol. The minimum Gasteiger partial charge on any atom is -0.342 e. The molecular formula is C19H16FN3O2S. The van der Waals surface area contributed by atoms with Gasteiger partial charge in [0.25, 0.3) is 0 Å². The minimum atomic E-state index is -0.468. The number of nitrogens with one attached hydrogen (secondary N) is 1. The first-order valence-corrected chi connectivity index (χ1v) is 9.34. The molecule has 1 atom stereocenters. The Hall–Kier alpha value is -2.67. The SMILES string of the molecule is O=C1C[C@H](SCCc2nc3ccccc3[nH]2)C(=O)N1c1cccc(F)c1. The lowest BCUT2D eigenvalue weighted by Crippen LogP contribution is -2.31. The number of carbonyl (C=O) groups excluding carboxylic acids is 2. The fraction of sp³-hybridized carbons (Fsp3) is 0.211. The number of hydrogen-bond acceptors (Lipinski definition) is 4. The smallest absolute Gasteiger partial charge is 0.247 e. The Morgan fingerprint density at radius 3 is 2.85 bits per heavy atom. The number of anilines is 1. The molecule has 0 spiro atoms.